The van der Waals surface area contributed by atoms with Gasteiger partial charge in [0.25, 0.3) is 0 Å². The number of hydrogen-bond acceptors (Lipinski definition) is 5. The molecule has 1 atom stereocenters. The molecule has 0 saturated heterocycles. The third kappa shape index (κ3) is 5.22. The van der Waals surface area contributed by atoms with E-state index in [1.165, 1.54) is 0 Å². The Morgan fingerprint density at radius 1 is 0.862 bits per heavy atom. The molecule has 0 radical (unpaired) electrons. The van der Waals surface area contributed by atoms with Gasteiger partial charge in [0.05, 0.1) is 6.61 Å². The minimum absolute atomic E-state index is 0.189. The van der Waals surface area contributed by atoms with Crippen LogP contribution in [-0.2, 0) is 14.1 Å². The van der Waals surface area contributed by atoms with Crippen molar-refractivity contribution in [2.24, 2.45) is 5.92 Å². The number of esters is 1. The molecule has 0 spiro atoms. The van der Waals surface area contributed by atoms with Crippen LogP contribution in [0.4, 0.5) is 0 Å². The maximum atomic E-state index is 14.3. The molecular weight excluding hydrogens is 387 g/mol. The van der Waals surface area contributed by atoms with Crippen molar-refractivity contribution in [1.29, 1.82) is 0 Å². The van der Waals surface area contributed by atoms with E-state index in [0.29, 0.717) is 11.5 Å². The van der Waals surface area contributed by atoms with E-state index in [1.54, 1.807) is 6.92 Å². The zero-order chi connectivity index (χ0) is 21.8. The van der Waals surface area contributed by atoms with Crippen molar-refractivity contribution in [2.75, 3.05) is 6.61 Å². The summed E-state index contributed by atoms with van der Waals surface area (Å²) in [5.41, 5.74) is 2.23. The van der Waals surface area contributed by atoms with E-state index < -0.39 is 19.2 Å². The molecule has 0 aliphatic rings. The van der Waals surface area contributed by atoms with Crippen molar-refractivity contribution in [1.82, 2.24) is 0 Å². The molecule has 29 heavy (non-hydrogen) atoms. The summed E-state index contributed by atoms with van der Waals surface area (Å²) in [5, 5.41) is 0. The molecule has 0 amide bonds. The molecule has 0 heterocycles. The van der Waals surface area contributed by atoms with Gasteiger partial charge in [-0.05, 0) is 62.8 Å². The summed E-state index contributed by atoms with van der Waals surface area (Å²) in [4.78, 5) is 12.8. The van der Waals surface area contributed by atoms with Crippen molar-refractivity contribution in [3.63, 3.8) is 0 Å². The average Bonchev–Trinajstić information content (AvgIpc) is 2.62. The van der Waals surface area contributed by atoms with E-state index >= 15 is 0 Å². The van der Waals surface area contributed by atoms with Gasteiger partial charge in [-0.2, -0.15) is 0 Å². The van der Waals surface area contributed by atoms with E-state index in [1.807, 2.05) is 77.9 Å². The topological polar surface area (TPSA) is 61.8 Å². The molecule has 2 aromatic carbocycles. The zero-order valence-corrected chi connectivity index (χ0v) is 19.2. The fourth-order valence-corrected chi connectivity index (χ4v) is 5.68. The molecule has 5 nitrogen and oxygen atoms in total. The Hall–Kier alpha value is -2.26. The number of para-hydroxylation sites is 2. The highest BCUT2D eigenvalue weighted by Crippen LogP contribution is 2.57. The summed E-state index contributed by atoms with van der Waals surface area (Å²) in [6, 6.07) is 11.3. The fraction of sp³-hybridized carbons (Fsp3) is 0.435. The van der Waals surface area contributed by atoms with Crippen LogP contribution in [-0.4, -0.2) is 18.2 Å². The van der Waals surface area contributed by atoms with Gasteiger partial charge >= 0.3 is 13.6 Å². The predicted molar refractivity (Wildman–Crippen MR) is 116 cm³/mol. The van der Waals surface area contributed by atoms with Crippen molar-refractivity contribution in [3.05, 3.63) is 58.7 Å². The summed E-state index contributed by atoms with van der Waals surface area (Å²) < 4.78 is 31.7. The van der Waals surface area contributed by atoms with Crippen molar-refractivity contribution >= 4 is 13.6 Å². The lowest BCUT2D eigenvalue weighted by molar-refractivity contribution is -0.143. The lowest BCUT2D eigenvalue weighted by Gasteiger charge is -2.30. The number of benzene rings is 2. The normalized spacial score (nSPS) is 12.6. The molecule has 0 bridgehead atoms. The van der Waals surface area contributed by atoms with Crippen molar-refractivity contribution < 1.29 is 23.1 Å². The molecule has 158 valence electrons. The number of carbonyl (C=O) groups excluding carboxylic acids is 1. The van der Waals surface area contributed by atoms with Crippen LogP contribution in [0.2, 0.25) is 0 Å². The molecule has 2 aromatic rings. The molecule has 0 N–H and O–H groups in total. The lowest BCUT2D eigenvalue weighted by Crippen LogP contribution is -2.32. The fourth-order valence-electron chi connectivity index (χ4n) is 3.27. The van der Waals surface area contributed by atoms with Crippen LogP contribution in [0.15, 0.2) is 36.4 Å². The lowest BCUT2D eigenvalue weighted by atomic mass is 10.1. The van der Waals surface area contributed by atoms with Gasteiger partial charge in [-0.25, -0.2) is 4.57 Å². The van der Waals surface area contributed by atoms with Gasteiger partial charge in [-0.3, -0.25) is 4.79 Å². The SMILES string of the molecule is CCOC(=O)C(C(C)C)P(=O)(Oc1c(C)cccc1C)Oc1c(C)cccc1C. The Balaban J connectivity index is 2.63. The molecule has 0 fully saturated rings. The van der Waals surface area contributed by atoms with Crippen LogP contribution in [0, 0.1) is 33.6 Å². The number of carbonyl (C=O) groups is 1. The van der Waals surface area contributed by atoms with Gasteiger partial charge in [-0.1, -0.05) is 50.2 Å². The summed E-state index contributed by atoms with van der Waals surface area (Å²) in [7, 11) is -4.00. The molecule has 0 aromatic heterocycles. The highest BCUT2D eigenvalue weighted by atomic mass is 31.2. The van der Waals surface area contributed by atoms with Crippen LogP contribution in [0.5, 0.6) is 11.5 Å². The molecule has 0 saturated carbocycles. The van der Waals surface area contributed by atoms with Gasteiger partial charge < -0.3 is 13.8 Å². The van der Waals surface area contributed by atoms with Gasteiger partial charge in [0.1, 0.15) is 11.5 Å². The smallest absolute Gasteiger partial charge is 0.445 e. The Labute approximate surface area is 173 Å². The number of ether oxygens (including phenoxy) is 1. The van der Waals surface area contributed by atoms with Crippen LogP contribution in [0.3, 0.4) is 0 Å². The third-order valence-corrected chi connectivity index (χ3v) is 7.12. The minimum Gasteiger partial charge on any atom is -0.465 e. The summed E-state index contributed by atoms with van der Waals surface area (Å²) in [6.07, 6.45) is 0. The van der Waals surface area contributed by atoms with Crippen LogP contribution in [0.25, 0.3) is 0 Å². The predicted octanol–water partition coefficient (Wildman–Crippen LogP) is 6.16. The minimum atomic E-state index is -4.00. The Morgan fingerprint density at radius 2 is 1.24 bits per heavy atom. The number of aryl methyl sites for hydroxylation is 4. The van der Waals surface area contributed by atoms with Crippen molar-refractivity contribution in [3.8, 4) is 11.5 Å². The largest absolute Gasteiger partial charge is 0.465 e. The van der Waals surface area contributed by atoms with Gasteiger partial charge in [0.2, 0.25) is 0 Å². The second-order valence-electron chi connectivity index (χ2n) is 7.61. The highest BCUT2D eigenvalue weighted by molar-refractivity contribution is 7.56. The maximum absolute atomic E-state index is 14.3. The Kier molecular flexibility index (Phi) is 7.54. The van der Waals surface area contributed by atoms with E-state index in [9.17, 15) is 9.36 Å². The quantitative estimate of drug-likeness (QED) is 0.380. The monoisotopic (exact) mass is 418 g/mol. The van der Waals surface area contributed by atoms with Crippen molar-refractivity contribution in [2.45, 2.75) is 54.1 Å². The summed E-state index contributed by atoms with van der Waals surface area (Å²) in [6.45, 7) is 13.0. The second kappa shape index (κ2) is 9.49. The molecule has 6 heteroatoms. The first kappa shape index (κ1) is 23.0. The standard InChI is InChI=1S/C23H31O5P/c1-8-26-23(24)22(15(2)3)29(25,27-20-16(4)11-9-12-17(20)5)28-21-18(6)13-10-14-19(21)7/h9-15,22H,8H2,1-7H3. The van der Waals surface area contributed by atoms with E-state index in [2.05, 4.69) is 0 Å². The molecule has 1 unspecified atom stereocenters. The second-order valence-corrected chi connectivity index (χ2v) is 9.61. The number of rotatable bonds is 8. The first-order valence-electron chi connectivity index (χ1n) is 9.88. The molecular formula is C23H31O5P. The summed E-state index contributed by atoms with van der Waals surface area (Å²) >= 11 is 0. The molecule has 2 rings (SSSR count). The highest BCUT2D eigenvalue weighted by Gasteiger charge is 2.48. The van der Waals surface area contributed by atoms with E-state index in [-0.39, 0.29) is 12.5 Å². The number of hydrogen-bond donors (Lipinski definition) is 0. The first-order valence-corrected chi connectivity index (χ1v) is 11.5. The molecule has 0 aliphatic heterocycles. The Morgan fingerprint density at radius 3 is 1.55 bits per heavy atom. The van der Waals surface area contributed by atoms with Crippen LogP contribution >= 0.6 is 7.60 Å². The van der Waals surface area contributed by atoms with Gasteiger partial charge in [0.15, 0.2) is 5.66 Å². The third-order valence-electron chi connectivity index (χ3n) is 4.75. The first-order chi connectivity index (χ1) is 13.6. The average molecular weight is 418 g/mol. The van der Waals surface area contributed by atoms with E-state index in [0.717, 1.165) is 22.3 Å². The maximum Gasteiger partial charge on any atom is 0.445 e. The Bertz CT molecular complexity index is 821. The summed E-state index contributed by atoms with van der Waals surface area (Å²) in [5.74, 6) is 0.0471. The van der Waals surface area contributed by atoms with E-state index in [4.69, 9.17) is 13.8 Å². The zero-order valence-electron chi connectivity index (χ0n) is 18.3. The van der Waals surface area contributed by atoms with Gasteiger partial charge in [0, 0.05) is 0 Å². The molecule has 0 aliphatic carbocycles. The van der Waals surface area contributed by atoms with Gasteiger partial charge in [-0.15, -0.1) is 0 Å². The van der Waals surface area contributed by atoms with Crippen LogP contribution in [0.1, 0.15) is 43.0 Å². The van der Waals surface area contributed by atoms with Crippen LogP contribution < -0.4 is 9.05 Å².